The van der Waals surface area contributed by atoms with Crippen LogP contribution in [-0.2, 0) is 10.0 Å². The van der Waals surface area contributed by atoms with Gasteiger partial charge < -0.3 is 14.8 Å². The zero-order valence-corrected chi connectivity index (χ0v) is 15.8. The molecule has 0 aliphatic carbocycles. The van der Waals surface area contributed by atoms with Crippen LogP contribution in [0, 0.1) is 0 Å². The van der Waals surface area contributed by atoms with Gasteiger partial charge in [0.05, 0.1) is 14.2 Å². The molecule has 1 fully saturated rings. The number of nitrogens with zero attached hydrogens (tertiary/aromatic N) is 1. The van der Waals surface area contributed by atoms with Crippen LogP contribution in [0.2, 0.25) is 0 Å². The summed E-state index contributed by atoms with van der Waals surface area (Å²) in [5, 5.41) is 3.18. The smallest absolute Gasteiger partial charge is 0.244 e. The predicted octanol–water partition coefficient (Wildman–Crippen LogP) is 1.87. The van der Waals surface area contributed by atoms with Crippen LogP contribution in [0.5, 0.6) is 11.5 Å². The number of rotatable bonds is 4. The van der Waals surface area contributed by atoms with Gasteiger partial charge in [-0.05, 0) is 28.9 Å². The number of nitrogens with one attached hydrogen (secondary N) is 1. The quantitative estimate of drug-likeness (QED) is 0.813. The normalized spacial score (nSPS) is 19.4. The molecular weight excluding hydrogens is 396 g/mol. The van der Waals surface area contributed by atoms with Crippen molar-refractivity contribution >= 4 is 38.4 Å². The zero-order chi connectivity index (χ0) is 15.6. The van der Waals surface area contributed by atoms with E-state index in [4.69, 9.17) is 9.47 Å². The molecule has 0 spiro atoms. The largest absolute Gasteiger partial charge is 0.493 e. The summed E-state index contributed by atoms with van der Waals surface area (Å²) in [6, 6.07) is 3.01. The van der Waals surface area contributed by atoms with Gasteiger partial charge in [-0.2, -0.15) is 4.31 Å². The third-order valence-electron chi connectivity index (χ3n) is 3.47. The van der Waals surface area contributed by atoms with E-state index >= 15 is 0 Å². The fourth-order valence-corrected chi connectivity index (χ4v) is 4.97. The van der Waals surface area contributed by atoms with Crippen LogP contribution in [0.4, 0.5) is 0 Å². The molecule has 0 aromatic heterocycles. The zero-order valence-electron chi connectivity index (χ0n) is 12.6. The second kappa shape index (κ2) is 7.83. The number of halogens is 2. The molecule has 1 aromatic rings. The second-order valence-corrected chi connectivity index (χ2v) is 7.52. The lowest BCUT2D eigenvalue weighted by Gasteiger charge is -2.33. The first-order chi connectivity index (χ1) is 9.91. The minimum atomic E-state index is -3.59. The van der Waals surface area contributed by atoms with Gasteiger partial charge in [0.2, 0.25) is 10.0 Å². The molecule has 1 aromatic carbocycles. The SMILES string of the molecule is COc1cc(Br)c(S(=O)(=O)N2CCNC[C@H]2C)cc1OC.Cl. The molecule has 0 radical (unpaired) electrons. The van der Waals surface area contributed by atoms with Gasteiger partial charge in [-0.3, -0.25) is 0 Å². The number of hydrogen-bond acceptors (Lipinski definition) is 5. The van der Waals surface area contributed by atoms with Crippen molar-refractivity contribution in [2.75, 3.05) is 33.9 Å². The third kappa shape index (κ3) is 3.68. The topological polar surface area (TPSA) is 67.9 Å². The number of hydrogen-bond donors (Lipinski definition) is 1. The Morgan fingerprint density at radius 1 is 1.27 bits per heavy atom. The molecule has 1 N–H and O–H groups in total. The first kappa shape index (κ1) is 19.5. The van der Waals surface area contributed by atoms with Crippen LogP contribution >= 0.6 is 28.3 Å². The van der Waals surface area contributed by atoms with Gasteiger partial charge in [-0.15, -0.1) is 12.4 Å². The van der Waals surface area contributed by atoms with E-state index in [1.807, 2.05) is 6.92 Å². The van der Waals surface area contributed by atoms with Gasteiger partial charge in [0.1, 0.15) is 4.90 Å². The first-order valence-corrected chi connectivity index (χ1v) is 8.79. The fraction of sp³-hybridized carbons (Fsp3) is 0.538. The number of piperazine rings is 1. The third-order valence-corrected chi connectivity index (χ3v) is 6.44. The molecule has 0 bridgehead atoms. The fourth-order valence-electron chi connectivity index (χ4n) is 2.34. The molecule has 1 saturated heterocycles. The summed E-state index contributed by atoms with van der Waals surface area (Å²) >= 11 is 3.32. The molecule has 1 aliphatic heterocycles. The minimum absolute atomic E-state index is 0. The van der Waals surface area contributed by atoms with Crippen molar-refractivity contribution in [2.45, 2.75) is 17.9 Å². The van der Waals surface area contributed by atoms with E-state index in [1.54, 1.807) is 6.07 Å². The van der Waals surface area contributed by atoms with Crippen LogP contribution in [0.3, 0.4) is 0 Å². The molecule has 1 aliphatic rings. The molecule has 6 nitrogen and oxygen atoms in total. The molecule has 1 heterocycles. The summed E-state index contributed by atoms with van der Waals surface area (Å²) in [5.41, 5.74) is 0. The van der Waals surface area contributed by atoms with Crippen molar-refractivity contribution in [3.05, 3.63) is 16.6 Å². The van der Waals surface area contributed by atoms with E-state index < -0.39 is 10.0 Å². The highest BCUT2D eigenvalue weighted by Crippen LogP contribution is 2.37. The first-order valence-electron chi connectivity index (χ1n) is 6.56. The summed E-state index contributed by atoms with van der Waals surface area (Å²) in [5.74, 6) is 0.874. The number of methoxy groups -OCH3 is 2. The standard InChI is InChI=1S/C13H19BrN2O4S.ClH/c1-9-8-15-4-5-16(9)21(17,18)13-7-12(20-3)11(19-2)6-10(13)14;/h6-7,9,15H,4-5,8H2,1-3H3;1H/t9-;/m1./s1. The van der Waals surface area contributed by atoms with Crippen LogP contribution in [0.15, 0.2) is 21.5 Å². The molecule has 2 rings (SSSR count). The van der Waals surface area contributed by atoms with Crippen molar-refractivity contribution in [1.82, 2.24) is 9.62 Å². The van der Waals surface area contributed by atoms with Gasteiger partial charge in [-0.1, -0.05) is 0 Å². The van der Waals surface area contributed by atoms with Gasteiger partial charge in [0.15, 0.2) is 11.5 Å². The van der Waals surface area contributed by atoms with Gasteiger partial charge in [0, 0.05) is 36.2 Å². The predicted molar refractivity (Wildman–Crippen MR) is 90.7 cm³/mol. The molecule has 1 atom stereocenters. The number of sulfonamides is 1. The summed E-state index contributed by atoms with van der Waals surface area (Å²) in [7, 11) is -0.596. The molecule has 22 heavy (non-hydrogen) atoms. The molecule has 0 saturated carbocycles. The highest BCUT2D eigenvalue weighted by atomic mass is 79.9. The maximum atomic E-state index is 12.9. The average Bonchev–Trinajstić information content (AvgIpc) is 2.46. The van der Waals surface area contributed by atoms with Crippen LogP contribution in [-0.4, -0.2) is 52.6 Å². The summed E-state index contributed by atoms with van der Waals surface area (Å²) in [6.45, 7) is 3.63. The number of benzene rings is 1. The summed E-state index contributed by atoms with van der Waals surface area (Å²) in [6.07, 6.45) is 0. The van der Waals surface area contributed by atoms with E-state index in [-0.39, 0.29) is 23.3 Å². The van der Waals surface area contributed by atoms with Crippen molar-refractivity contribution in [3.63, 3.8) is 0 Å². The van der Waals surface area contributed by atoms with E-state index in [0.29, 0.717) is 35.6 Å². The maximum absolute atomic E-state index is 12.9. The second-order valence-electron chi connectivity index (χ2n) is 4.81. The maximum Gasteiger partial charge on any atom is 0.244 e. The lowest BCUT2D eigenvalue weighted by Crippen LogP contribution is -2.52. The van der Waals surface area contributed by atoms with Gasteiger partial charge in [-0.25, -0.2) is 8.42 Å². The number of ether oxygens (including phenoxy) is 2. The minimum Gasteiger partial charge on any atom is -0.493 e. The van der Waals surface area contributed by atoms with Gasteiger partial charge >= 0.3 is 0 Å². The van der Waals surface area contributed by atoms with Crippen molar-refractivity contribution < 1.29 is 17.9 Å². The van der Waals surface area contributed by atoms with Crippen LogP contribution in [0.1, 0.15) is 6.92 Å². The Kier molecular flexibility index (Phi) is 6.94. The molecule has 126 valence electrons. The van der Waals surface area contributed by atoms with Crippen LogP contribution in [0.25, 0.3) is 0 Å². The van der Waals surface area contributed by atoms with Crippen molar-refractivity contribution in [2.24, 2.45) is 0 Å². The van der Waals surface area contributed by atoms with Crippen molar-refractivity contribution in [1.29, 1.82) is 0 Å². The van der Waals surface area contributed by atoms with E-state index in [0.717, 1.165) is 0 Å². The Bertz CT molecular complexity index is 627. The molecular formula is C13H20BrClN2O4S. The lowest BCUT2D eigenvalue weighted by atomic mass is 10.3. The average molecular weight is 416 g/mol. The summed E-state index contributed by atoms with van der Waals surface area (Å²) < 4.78 is 38.1. The Morgan fingerprint density at radius 2 is 1.86 bits per heavy atom. The van der Waals surface area contributed by atoms with E-state index in [9.17, 15) is 8.42 Å². The lowest BCUT2D eigenvalue weighted by molar-refractivity contribution is 0.283. The Hall–Kier alpha value is -0.540. The van der Waals surface area contributed by atoms with Gasteiger partial charge in [0.25, 0.3) is 0 Å². The molecule has 0 amide bonds. The van der Waals surface area contributed by atoms with E-state index in [2.05, 4.69) is 21.2 Å². The molecule has 9 heteroatoms. The van der Waals surface area contributed by atoms with Crippen molar-refractivity contribution in [3.8, 4) is 11.5 Å². The highest BCUT2D eigenvalue weighted by Gasteiger charge is 2.33. The van der Waals surface area contributed by atoms with E-state index in [1.165, 1.54) is 24.6 Å². The highest BCUT2D eigenvalue weighted by molar-refractivity contribution is 9.10. The Balaban J connectivity index is 0.00000242. The monoisotopic (exact) mass is 414 g/mol. The van der Waals surface area contributed by atoms with Crippen LogP contribution < -0.4 is 14.8 Å². The molecule has 0 unspecified atom stereocenters. The summed E-state index contributed by atoms with van der Waals surface area (Å²) in [4.78, 5) is 0.189. The Morgan fingerprint density at radius 3 is 2.41 bits per heavy atom. The Labute approximate surface area is 145 Å².